The van der Waals surface area contributed by atoms with E-state index in [-0.39, 0.29) is 17.4 Å². The summed E-state index contributed by atoms with van der Waals surface area (Å²) in [5.74, 6) is -0.953. The molecule has 3 nitrogen and oxygen atoms in total. The van der Waals surface area contributed by atoms with E-state index in [0.29, 0.717) is 12.0 Å². The Morgan fingerprint density at radius 1 is 0.733 bits per heavy atom. The van der Waals surface area contributed by atoms with Crippen molar-refractivity contribution in [2.75, 3.05) is 0 Å². The van der Waals surface area contributed by atoms with E-state index in [1.165, 1.54) is 77.0 Å². The Hall–Kier alpha value is -1.11. The molecule has 0 amide bonds. The third kappa shape index (κ3) is 15.7. The molecule has 0 heterocycles. The molecule has 167 valence electrons. The number of benzene rings is 1. The van der Waals surface area contributed by atoms with E-state index in [1.807, 2.05) is 13.0 Å². The van der Waals surface area contributed by atoms with Gasteiger partial charge in [-0.15, -0.1) is 0 Å². The average molecular weight is 430 g/mol. The summed E-state index contributed by atoms with van der Waals surface area (Å²) in [4.78, 5) is 23.7. The third-order valence-electron chi connectivity index (χ3n) is 5.44. The van der Waals surface area contributed by atoms with Crippen molar-refractivity contribution in [3.8, 4) is 0 Å². The molecular weight excluding hydrogens is 387 g/mol. The van der Waals surface area contributed by atoms with Gasteiger partial charge in [0.2, 0.25) is 0 Å². The van der Waals surface area contributed by atoms with Gasteiger partial charge in [-0.3, -0.25) is 4.79 Å². The van der Waals surface area contributed by atoms with Gasteiger partial charge < -0.3 is 4.74 Å². The van der Waals surface area contributed by atoms with Crippen molar-refractivity contribution in [3.05, 3.63) is 35.4 Å². The Bertz CT molecular complexity index is 571. The van der Waals surface area contributed by atoms with Gasteiger partial charge in [0.25, 0.3) is 0 Å². The number of carbonyl (C=O) groups is 2. The maximum absolute atomic E-state index is 11.9. The van der Waals surface area contributed by atoms with Gasteiger partial charge in [0.05, 0.1) is 5.56 Å². The minimum Gasteiger partial charge on any atom is -0.389 e. The van der Waals surface area contributed by atoms with E-state index in [9.17, 15) is 9.59 Å². The second-order valence-corrected chi connectivity index (χ2v) is 8.33. The fourth-order valence-corrected chi connectivity index (χ4v) is 3.63. The van der Waals surface area contributed by atoms with Gasteiger partial charge in [-0.05, 0) is 25.5 Å². The van der Waals surface area contributed by atoms with Crippen LogP contribution in [0, 0.1) is 6.92 Å². The van der Waals surface area contributed by atoms with Gasteiger partial charge in [0.1, 0.15) is 0 Å². The quantitative estimate of drug-likeness (QED) is 0.111. The Kier molecular flexibility index (Phi) is 19.1. The van der Waals surface area contributed by atoms with Crippen LogP contribution in [0.2, 0.25) is 0 Å². The molecule has 0 atom stereocenters. The summed E-state index contributed by atoms with van der Waals surface area (Å²) in [5, 5.41) is 0. The Labute approximate surface area is 195 Å². The van der Waals surface area contributed by atoms with Crippen LogP contribution in [0.15, 0.2) is 24.3 Å². The van der Waals surface area contributed by atoms with Crippen LogP contribution in [0.25, 0.3) is 0 Å². The highest BCUT2D eigenvalue weighted by Gasteiger charge is 2.12. The molecule has 3 radical (unpaired) electrons. The molecular formula is C26H42AlO3. The lowest BCUT2D eigenvalue weighted by Crippen LogP contribution is -2.12. The summed E-state index contributed by atoms with van der Waals surface area (Å²) in [6.45, 7) is 4.18. The van der Waals surface area contributed by atoms with Gasteiger partial charge in [-0.25, -0.2) is 4.79 Å². The molecule has 1 rings (SSSR count). The van der Waals surface area contributed by atoms with Gasteiger partial charge in [0.15, 0.2) is 0 Å². The third-order valence-corrected chi connectivity index (χ3v) is 5.44. The molecule has 0 aliphatic carbocycles. The lowest BCUT2D eigenvalue weighted by molar-refractivity contribution is -0.138. The van der Waals surface area contributed by atoms with Crippen LogP contribution in [0.3, 0.4) is 0 Å². The molecule has 0 spiro atoms. The molecule has 0 unspecified atom stereocenters. The first-order valence-corrected chi connectivity index (χ1v) is 11.9. The molecule has 1 aromatic carbocycles. The average Bonchev–Trinajstić information content (AvgIpc) is 2.71. The second-order valence-electron chi connectivity index (χ2n) is 8.33. The lowest BCUT2D eigenvalue weighted by atomic mass is 10.0. The Morgan fingerprint density at radius 2 is 1.20 bits per heavy atom. The van der Waals surface area contributed by atoms with Gasteiger partial charge in [-0.1, -0.05) is 115 Å². The molecule has 0 aromatic heterocycles. The molecule has 0 aliphatic heterocycles. The fourth-order valence-electron chi connectivity index (χ4n) is 3.63. The molecule has 0 fully saturated rings. The first-order valence-electron chi connectivity index (χ1n) is 11.9. The highest BCUT2D eigenvalue weighted by atomic mass is 27.0. The van der Waals surface area contributed by atoms with Crippen molar-refractivity contribution in [2.45, 2.75) is 117 Å². The monoisotopic (exact) mass is 429 g/mol. The summed E-state index contributed by atoms with van der Waals surface area (Å²) < 4.78 is 4.93. The standard InChI is InChI=1S/C26H42O3.Al/c1-3-4-5-6-7-8-9-10-11-12-13-14-15-16-17-21-25(27)29-26(28)24-20-18-19-23(2)22-24;/h18-20,22H,3-17,21H2,1-2H3;. The topological polar surface area (TPSA) is 43.4 Å². The predicted octanol–water partition coefficient (Wildman–Crippen LogP) is 7.56. The number of ether oxygens (including phenoxy) is 1. The largest absolute Gasteiger partial charge is 0.389 e. The van der Waals surface area contributed by atoms with Crippen molar-refractivity contribution in [3.63, 3.8) is 0 Å². The van der Waals surface area contributed by atoms with Crippen molar-refractivity contribution in [1.82, 2.24) is 0 Å². The highest BCUT2D eigenvalue weighted by Crippen LogP contribution is 2.14. The van der Waals surface area contributed by atoms with E-state index in [1.54, 1.807) is 18.2 Å². The van der Waals surface area contributed by atoms with Crippen LogP contribution in [0.5, 0.6) is 0 Å². The molecule has 0 N–H and O–H groups in total. The highest BCUT2D eigenvalue weighted by molar-refractivity contribution is 5.96. The van der Waals surface area contributed by atoms with Crippen LogP contribution in [0.4, 0.5) is 0 Å². The number of aryl methyl sites for hydroxylation is 1. The van der Waals surface area contributed by atoms with Crippen LogP contribution < -0.4 is 0 Å². The Balaban J connectivity index is 0.00000841. The summed E-state index contributed by atoms with van der Waals surface area (Å²) in [7, 11) is 0. The summed E-state index contributed by atoms with van der Waals surface area (Å²) >= 11 is 0. The fraction of sp³-hybridized carbons (Fsp3) is 0.692. The van der Waals surface area contributed by atoms with E-state index in [2.05, 4.69) is 6.92 Å². The van der Waals surface area contributed by atoms with Gasteiger partial charge in [0, 0.05) is 23.8 Å². The SMILES string of the molecule is CCCCCCCCCCCCCCCCCC(=O)OC(=O)c1cccc(C)c1.[Al]. The predicted molar refractivity (Wildman–Crippen MR) is 127 cm³/mol. The normalized spacial score (nSPS) is 10.5. The smallest absolute Gasteiger partial charge is 0.345 e. The molecule has 1 aromatic rings. The van der Waals surface area contributed by atoms with Crippen molar-refractivity contribution in [1.29, 1.82) is 0 Å². The first-order chi connectivity index (χ1) is 14.1. The van der Waals surface area contributed by atoms with Crippen LogP contribution in [-0.4, -0.2) is 29.3 Å². The van der Waals surface area contributed by atoms with Crippen molar-refractivity contribution in [2.24, 2.45) is 0 Å². The molecule has 4 heteroatoms. The minimum atomic E-state index is -0.542. The van der Waals surface area contributed by atoms with Gasteiger partial charge >= 0.3 is 11.9 Å². The minimum absolute atomic E-state index is 0. The molecule has 0 aliphatic rings. The zero-order valence-corrected chi connectivity index (χ0v) is 20.6. The molecule has 0 saturated carbocycles. The van der Waals surface area contributed by atoms with E-state index >= 15 is 0 Å². The zero-order chi connectivity index (χ0) is 21.2. The molecule has 0 bridgehead atoms. The number of carbonyl (C=O) groups excluding carboxylic acids is 2. The van der Waals surface area contributed by atoms with Crippen LogP contribution in [0.1, 0.15) is 126 Å². The second kappa shape index (κ2) is 19.8. The van der Waals surface area contributed by atoms with Crippen molar-refractivity contribution >= 4 is 29.3 Å². The number of hydrogen-bond acceptors (Lipinski definition) is 3. The lowest BCUT2D eigenvalue weighted by Gasteiger charge is -2.05. The first kappa shape index (κ1) is 28.9. The van der Waals surface area contributed by atoms with Crippen LogP contribution >= 0.6 is 0 Å². The number of unbranched alkanes of at least 4 members (excludes halogenated alkanes) is 14. The van der Waals surface area contributed by atoms with Gasteiger partial charge in [-0.2, -0.15) is 0 Å². The van der Waals surface area contributed by atoms with E-state index < -0.39 is 11.9 Å². The number of hydrogen-bond donors (Lipinski definition) is 0. The maximum Gasteiger partial charge on any atom is 0.345 e. The van der Waals surface area contributed by atoms with E-state index in [0.717, 1.165) is 24.8 Å². The van der Waals surface area contributed by atoms with Crippen molar-refractivity contribution < 1.29 is 14.3 Å². The number of rotatable bonds is 17. The van der Waals surface area contributed by atoms with Crippen LogP contribution in [-0.2, 0) is 9.53 Å². The maximum atomic E-state index is 11.9. The molecule has 0 saturated heterocycles. The number of esters is 2. The summed E-state index contributed by atoms with van der Waals surface area (Å²) in [5.41, 5.74) is 1.42. The molecule has 30 heavy (non-hydrogen) atoms. The Morgan fingerprint density at radius 3 is 1.67 bits per heavy atom. The summed E-state index contributed by atoms with van der Waals surface area (Å²) in [6, 6.07) is 7.12. The zero-order valence-electron chi connectivity index (χ0n) is 19.4. The van der Waals surface area contributed by atoms with E-state index in [4.69, 9.17) is 4.74 Å². The summed E-state index contributed by atoms with van der Waals surface area (Å²) in [6.07, 6.45) is 19.7.